The van der Waals surface area contributed by atoms with Crippen molar-refractivity contribution in [2.75, 3.05) is 14.2 Å². The molecule has 2 aromatic rings. The van der Waals surface area contributed by atoms with Crippen molar-refractivity contribution in [3.8, 4) is 17.2 Å². The number of hydrogen-bond donors (Lipinski definition) is 0. The number of rotatable bonds is 6. The van der Waals surface area contributed by atoms with Gasteiger partial charge in [-0.05, 0) is 13.0 Å². The van der Waals surface area contributed by atoms with Crippen LogP contribution in [-0.2, 0) is 12.5 Å². The van der Waals surface area contributed by atoms with Crippen molar-refractivity contribution in [3.05, 3.63) is 47.3 Å². The van der Waals surface area contributed by atoms with Crippen molar-refractivity contribution in [1.29, 1.82) is 0 Å². The van der Waals surface area contributed by atoms with Crippen LogP contribution in [0, 0.1) is 6.92 Å². The van der Waals surface area contributed by atoms with E-state index >= 15 is 0 Å². The lowest BCUT2D eigenvalue weighted by Crippen LogP contribution is -2.04. The summed E-state index contributed by atoms with van der Waals surface area (Å²) in [6, 6.07) is 7.66. The molecule has 1 aromatic heterocycles. The Kier molecular flexibility index (Phi) is 5.28. The Morgan fingerprint density at radius 1 is 1.10 bits per heavy atom. The Bertz CT molecular complexity index is 616. The average molecular weight is 308 g/mol. The highest BCUT2D eigenvalue weighted by Crippen LogP contribution is 2.30. The van der Waals surface area contributed by atoms with E-state index in [9.17, 15) is 0 Å². The van der Waals surface area contributed by atoms with E-state index in [1.54, 1.807) is 26.5 Å². The van der Waals surface area contributed by atoms with E-state index in [-0.39, 0.29) is 6.61 Å². The van der Waals surface area contributed by atoms with Gasteiger partial charge in [0.15, 0.2) is 11.5 Å². The third kappa shape index (κ3) is 3.58. The number of aromatic nitrogens is 1. The van der Waals surface area contributed by atoms with Gasteiger partial charge in [0.05, 0.1) is 20.1 Å². The largest absolute Gasteiger partial charge is 0.493 e. The van der Waals surface area contributed by atoms with Crippen LogP contribution in [0.2, 0.25) is 0 Å². The van der Waals surface area contributed by atoms with Crippen LogP contribution in [0.25, 0.3) is 0 Å². The lowest BCUT2D eigenvalue weighted by molar-refractivity contribution is 0.283. The molecule has 1 heterocycles. The quantitative estimate of drug-likeness (QED) is 0.763. The molecular formula is C16H18ClNO3. The molecule has 21 heavy (non-hydrogen) atoms. The summed E-state index contributed by atoms with van der Waals surface area (Å²) in [5.41, 5.74) is 2.78. The lowest BCUT2D eigenvalue weighted by Gasteiger charge is -2.14. The number of hydrogen-bond acceptors (Lipinski definition) is 4. The van der Waals surface area contributed by atoms with Crippen LogP contribution >= 0.6 is 11.6 Å². The topological polar surface area (TPSA) is 40.6 Å². The summed E-state index contributed by atoms with van der Waals surface area (Å²) in [6.45, 7) is 2.31. The van der Waals surface area contributed by atoms with Gasteiger partial charge >= 0.3 is 0 Å². The van der Waals surface area contributed by atoms with Gasteiger partial charge in [-0.15, -0.1) is 11.6 Å². The summed E-state index contributed by atoms with van der Waals surface area (Å²) in [5.74, 6) is 2.37. The highest BCUT2D eigenvalue weighted by Gasteiger charge is 2.12. The van der Waals surface area contributed by atoms with Crippen molar-refractivity contribution in [3.63, 3.8) is 0 Å². The summed E-state index contributed by atoms with van der Waals surface area (Å²) >= 11 is 5.95. The molecule has 0 amide bonds. The van der Waals surface area contributed by atoms with E-state index in [1.807, 2.05) is 25.1 Å². The molecule has 0 spiro atoms. The smallest absolute Gasteiger partial charge is 0.185 e. The molecule has 1 aromatic carbocycles. The van der Waals surface area contributed by atoms with Gasteiger partial charge in [0.25, 0.3) is 0 Å². The van der Waals surface area contributed by atoms with Gasteiger partial charge in [0.1, 0.15) is 18.1 Å². The summed E-state index contributed by atoms with van der Waals surface area (Å²) in [6.07, 6.45) is 1.66. The first kappa shape index (κ1) is 15.4. The van der Waals surface area contributed by atoms with Gasteiger partial charge in [0, 0.05) is 17.8 Å². The second kappa shape index (κ2) is 7.18. The Hall–Kier alpha value is -1.94. The number of nitrogens with zero attached hydrogens (tertiary/aromatic N) is 1. The van der Waals surface area contributed by atoms with Crippen LogP contribution in [0.1, 0.15) is 16.8 Å². The molecule has 0 saturated carbocycles. The van der Waals surface area contributed by atoms with E-state index in [4.69, 9.17) is 25.8 Å². The fraction of sp³-hybridized carbons (Fsp3) is 0.312. The maximum absolute atomic E-state index is 5.95. The minimum atomic E-state index is 0.285. The molecule has 0 saturated heterocycles. The summed E-state index contributed by atoms with van der Waals surface area (Å²) in [4.78, 5) is 4.28. The zero-order valence-corrected chi connectivity index (χ0v) is 13.1. The van der Waals surface area contributed by atoms with Crippen LogP contribution in [0.15, 0.2) is 30.5 Å². The fourth-order valence-electron chi connectivity index (χ4n) is 2.05. The van der Waals surface area contributed by atoms with E-state index in [0.717, 1.165) is 16.9 Å². The molecular weight excluding hydrogens is 290 g/mol. The lowest BCUT2D eigenvalue weighted by atomic mass is 10.1. The van der Waals surface area contributed by atoms with Crippen molar-refractivity contribution in [2.45, 2.75) is 19.4 Å². The molecule has 0 aliphatic heterocycles. The number of benzene rings is 1. The Morgan fingerprint density at radius 3 is 2.57 bits per heavy atom. The second-order valence-corrected chi connectivity index (χ2v) is 4.79. The molecule has 2 rings (SSSR count). The van der Waals surface area contributed by atoms with Gasteiger partial charge in [-0.3, -0.25) is 4.98 Å². The van der Waals surface area contributed by atoms with Crippen LogP contribution in [0.4, 0.5) is 0 Å². The van der Waals surface area contributed by atoms with Gasteiger partial charge in [0.2, 0.25) is 0 Å². The molecule has 0 atom stereocenters. The van der Waals surface area contributed by atoms with Gasteiger partial charge in [-0.2, -0.15) is 0 Å². The molecule has 0 bridgehead atoms. The van der Waals surface area contributed by atoms with E-state index < -0.39 is 0 Å². The van der Waals surface area contributed by atoms with Gasteiger partial charge in [-0.1, -0.05) is 17.7 Å². The van der Waals surface area contributed by atoms with Crippen LogP contribution in [0.3, 0.4) is 0 Å². The SMILES string of the molecule is COc1ccnc(COc2ccc(C)cc2CCl)c1OC. The fourth-order valence-corrected chi connectivity index (χ4v) is 2.26. The third-order valence-corrected chi connectivity index (χ3v) is 3.38. The maximum Gasteiger partial charge on any atom is 0.185 e. The van der Waals surface area contributed by atoms with Crippen molar-refractivity contribution >= 4 is 11.6 Å². The Labute approximate surface area is 129 Å². The van der Waals surface area contributed by atoms with Crippen molar-refractivity contribution < 1.29 is 14.2 Å². The first-order valence-corrected chi connectivity index (χ1v) is 7.07. The molecule has 5 heteroatoms. The molecule has 0 unspecified atom stereocenters. The molecule has 0 aliphatic rings. The molecule has 0 aliphatic carbocycles. The highest BCUT2D eigenvalue weighted by atomic mass is 35.5. The molecule has 4 nitrogen and oxygen atoms in total. The summed E-state index contributed by atoms with van der Waals surface area (Å²) < 4.78 is 16.4. The predicted octanol–water partition coefficient (Wildman–Crippen LogP) is 3.73. The first-order valence-electron chi connectivity index (χ1n) is 6.53. The number of aryl methyl sites for hydroxylation is 1. The predicted molar refractivity (Wildman–Crippen MR) is 82.4 cm³/mol. The van der Waals surface area contributed by atoms with E-state index in [2.05, 4.69) is 4.98 Å². The van der Waals surface area contributed by atoms with E-state index in [0.29, 0.717) is 23.1 Å². The van der Waals surface area contributed by atoms with E-state index in [1.165, 1.54) is 0 Å². The minimum Gasteiger partial charge on any atom is -0.493 e. The summed E-state index contributed by atoms with van der Waals surface area (Å²) in [5, 5.41) is 0. The first-order chi connectivity index (χ1) is 10.2. The van der Waals surface area contributed by atoms with Crippen molar-refractivity contribution in [1.82, 2.24) is 4.98 Å². The average Bonchev–Trinajstić information content (AvgIpc) is 2.52. The minimum absolute atomic E-state index is 0.285. The monoisotopic (exact) mass is 307 g/mol. The zero-order valence-electron chi connectivity index (χ0n) is 12.4. The standard InChI is InChI=1S/C16H18ClNO3/c1-11-4-5-14(12(8-11)9-17)21-10-13-16(20-3)15(19-2)6-7-18-13/h4-8H,9-10H2,1-3H3. The van der Waals surface area contributed by atoms with Gasteiger partial charge < -0.3 is 14.2 Å². The van der Waals surface area contributed by atoms with Gasteiger partial charge in [-0.25, -0.2) is 0 Å². The Morgan fingerprint density at radius 2 is 1.90 bits per heavy atom. The van der Waals surface area contributed by atoms with Crippen LogP contribution in [0.5, 0.6) is 17.2 Å². The molecule has 112 valence electrons. The zero-order chi connectivity index (χ0) is 15.2. The third-order valence-electron chi connectivity index (χ3n) is 3.09. The number of ether oxygens (including phenoxy) is 3. The van der Waals surface area contributed by atoms with Crippen LogP contribution < -0.4 is 14.2 Å². The normalized spacial score (nSPS) is 10.3. The van der Waals surface area contributed by atoms with Crippen molar-refractivity contribution in [2.24, 2.45) is 0 Å². The number of halogens is 1. The number of alkyl halides is 1. The summed E-state index contributed by atoms with van der Waals surface area (Å²) in [7, 11) is 3.17. The highest BCUT2D eigenvalue weighted by molar-refractivity contribution is 6.17. The number of methoxy groups -OCH3 is 2. The van der Waals surface area contributed by atoms with Crippen LogP contribution in [-0.4, -0.2) is 19.2 Å². The number of pyridine rings is 1. The Balaban J connectivity index is 2.20. The second-order valence-electron chi connectivity index (χ2n) is 4.53. The maximum atomic E-state index is 5.95. The molecule has 0 N–H and O–H groups in total. The molecule has 0 fully saturated rings. The molecule has 0 radical (unpaired) electrons.